The van der Waals surface area contributed by atoms with E-state index < -0.39 is 21.9 Å². The van der Waals surface area contributed by atoms with E-state index in [1.165, 1.54) is 45.5 Å². The molecule has 0 spiro atoms. The molecule has 1 amide bonds. The van der Waals surface area contributed by atoms with Gasteiger partial charge in [-0.05, 0) is 25.1 Å². The number of amides is 1. The number of benzene rings is 1. The molecule has 0 fully saturated rings. The van der Waals surface area contributed by atoms with Crippen LogP contribution in [0.1, 0.15) is 25.7 Å². The third-order valence-corrected chi connectivity index (χ3v) is 6.11. The summed E-state index contributed by atoms with van der Waals surface area (Å²) in [5, 5.41) is 2.75. The molecular weight excluding hydrogens is 382 g/mol. The molecule has 0 aliphatic carbocycles. The predicted molar refractivity (Wildman–Crippen MR) is 94.5 cm³/mol. The summed E-state index contributed by atoms with van der Waals surface area (Å²) in [4.78, 5) is 33.0. The molecule has 2 aromatic rings. The topological polar surface area (TPSA) is 115 Å². The van der Waals surface area contributed by atoms with Gasteiger partial charge in [0, 0.05) is 12.6 Å². The van der Waals surface area contributed by atoms with Crippen LogP contribution in [0.25, 0.3) is 0 Å². The van der Waals surface area contributed by atoms with Crippen molar-refractivity contribution in [2.24, 2.45) is 0 Å². The first-order chi connectivity index (χ1) is 12.2. The Morgan fingerprint density at radius 3 is 2.58 bits per heavy atom. The molecule has 26 heavy (non-hydrogen) atoms. The van der Waals surface area contributed by atoms with Crippen molar-refractivity contribution < 1.29 is 27.6 Å². The van der Waals surface area contributed by atoms with Gasteiger partial charge in [0.25, 0.3) is 15.9 Å². The summed E-state index contributed by atoms with van der Waals surface area (Å²) in [6.45, 7) is 1.62. The van der Waals surface area contributed by atoms with Crippen LogP contribution < -0.4 is 5.32 Å². The molecule has 0 radical (unpaired) electrons. The van der Waals surface area contributed by atoms with Gasteiger partial charge in [-0.2, -0.15) is 0 Å². The van der Waals surface area contributed by atoms with Crippen LogP contribution in [-0.4, -0.2) is 51.0 Å². The Morgan fingerprint density at radius 2 is 1.96 bits per heavy atom. The van der Waals surface area contributed by atoms with E-state index in [0.29, 0.717) is 10.2 Å². The highest BCUT2D eigenvalue weighted by Gasteiger charge is 2.22. The zero-order chi connectivity index (χ0) is 19.5. The molecule has 1 N–H and O–H groups in total. The molecule has 0 unspecified atom stereocenters. The molecule has 0 aliphatic heterocycles. The number of hydroxylamine groups is 1. The summed E-state index contributed by atoms with van der Waals surface area (Å²) >= 11 is 0.969. The van der Waals surface area contributed by atoms with E-state index in [1.54, 1.807) is 6.92 Å². The van der Waals surface area contributed by atoms with E-state index in [9.17, 15) is 18.0 Å². The Morgan fingerprint density at radius 1 is 1.27 bits per heavy atom. The quantitative estimate of drug-likeness (QED) is 0.580. The Hall–Kier alpha value is -2.34. The van der Waals surface area contributed by atoms with Crippen molar-refractivity contribution in [2.45, 2.75) is 11.8 Å². The molecule has 1 heterocycles. The number of hydrogen-bond acceptors (Lipinski definition) is 8. The number of carbonyl (C=O) groups excluding carboxylic acids is 2. The van der Waals surface area contributed by atoms with Crippen LogP contribution in [0.5, 0.6) is 0 Å². The van der Waals surface area contributed by atoms with Crippen molar-refractivity contribution in [1.29, 1.82) is 0 Å². The lowest BCUT2D eigenvalue weighted by Gasteiger charge is -2.14. The Bertz CT molecular complexity index is 939. The maximum atomic E-state index is 12.4. The van der Waals surface area contributed by atoms with Crippen LogP contribution in [0.2, 0.25) is 0 Å². The van der Waals surface area contributed by atoms with E-state index >= 15 is 0 Å². The van der Waals surface area contributed by atoms with Gasteiger partial charge in [0.05, 0.1) is 24.8 Å². The predicted octanol–water partition coefficient (Wildman–Crippen LogP) is 1.67. The fourth-order valence-corrected chi connectivity index (χ4v) is 3.84. The largest absolute Gasteiger partial charge is 0.465 e. The smallest absolute Gasteiger partial charge is 0.350 e. The van der Waals surface area contributed by atoms with E-state index in [2.05, 4.69) is 15.0 Å². The van der Waals surface area contributed by atoms with Crippen LogP contribution in [-0.2, 0) is 19.6 Å². The minimum atomic E-state index is -3.88. The number of sulfonamides is 1. The third kappa shape index (κ3) is 4.07. The van der Waals surface area contributed by atoms with Crippen molar-refractivity contribution in [2.75, 3.05) is 26.6 Å². The lowest BCUT2D eigenvalue weighted by atomic mass is 10.2. The normalized spacial score (nSPS) is 11.4. The van der Waals surface area contributed by atoms with Gasteiger partial charge in [0.15, 0.2) is 5.13 Å². The van der Waals surface area contributed by atoms with E-state index in [4.69, 9.17) is 4.84 Å². The number of anilines is 1. The molecule has 2 rings (SSSR count). The fourth-order valence-electron chi connectivity index (χ4n) is 1.95. The second kappa shape index (κ2) is 7.91. The minimum absolute atomic E-state index is 0.0972. The molecule has 0 bridgehead atoms. The average molecular weight is 399 g/mol. The summed E-state index contributed by atoms with van der Waals surface area (Å²) in [5.41, 5.74) is 0.540. The highest BCUT2D eigenvalue weighted by molar-refractivity contribution is 7.89. The van der Waals surface area contributed by atoms with Crippen molar-refractivity contribution in [3.63, 3.8) is 0 Å². The fraction of sp³-hybridized carbons (Fsp3) is 0.267. The highest BCUT2D eigenvalue weighted by atomic mass is 32.2. The van der Waals surface area contributed by atoms with Crippen molar-refractivity contribution in [3.8, 4) is 0 Å². The van der Waals surface area contributed by atoms with Crippen LogP contribution in [0, 0.1) is 6.92 Å². The van der Waals surface area contributed by atoms with Gasteiger partial charge in [0.1, 0.15) is 4.88 Å². The number of rotatable bonds is 6. The Balaban J connectivity index is 2.26. The average Bonchev–Trinajstić information content (AvgIpc) is 3.00. The van der Waals surface area contributed by atoms with Crippen LogP contribution in [0.15, 0.2) is 29.2 Å². The number of nitrogens with one attached hydrogen (secondary N) is 1. The van der Waals surface area contributed by atoms with Gasteiger partial charge >= 0.3 is 5.97 Å². The molecule has 0 saturated carbocycles. The molecule has 11 heteroatoms. The number of aromatic nitrogens is 1. The van der Waals surface area contributed by atoms with E-state index in [0.717, 1.165) is 11.3 Å². The summed E-state index contributed by atoms with van der Waals surface area (Å²) in [5.74, 6) is -1.11. The summed E-state index contributed by atoms with van der Waals surface area (Å²) in [6, 6.07) is 5.48. The standard InChI is InChI=1S/C15H17N3O6S2/c1-9-12(14(20)23-3)25-15(16-9)17-13(19)10-6-5-7-11(8-10)26(21,22)18(2)24-4/h5-8H,1-4H3,(H,16,17,19). The minimum Gasteiger partial charge on any atom is -0.465 e. The lowest BCUT2D eigenvalue weighted by molar-refractivity contribution is -0.0258. The maximum absolute atomic E-state index is 12.4. The van der Waals surface area contributed by atoms with Crippen LogP contribution in [0.4, 0.5) is 5.13 Å². The molecule has 1 aromatic carbocycles. The highest BCUT2D eigenvalue weighted by Crippen LogP contribution is 2.24. The molecule has 140 valence electrons. The van der Waals surface area contributed by atoms with Crippen molar-refractivity contribution >= 4 is 38.4 Å². The molecule has 1 aromatic heterocycles. The van der Waals surface area contributed by atoms with Gasteiger partial charge in [-0.3, -0.25) is 14.9 Å². The summed E-state index contributed by atoms with van der Waals surface area (Å²) in [6.07, 6.45) is 0. The molecule has 9 nitrogen and oxygen atoms in total. The lowest BCUT2D eigenvalue weighted by Crippen LogP contribution is -2.26. The monoisotopic (exact) mass is 399 g/mol. The summed E-state index contributed by atoms with van der Waals surface area (Å²) in [7, 11) is -0.161. The SMILES string of the molecule is COC(=O)c1sc(NC(=O)c2cccc(S(=O)(=O)N(C)OC)c2)nc1C. The number of hydrogen-bond donors (Lipinski definition) is 1. The molecule has 0 aliphatic rings. The van der Waals surface area contributed by atoms with E-state index in [-0.39, 0.29) is 20.5 Å². The third-order valence-electron chi connectivity index (χ3n) is 3.38. The number of ether oxygens (including phenoxy) is 1. The second-order valence-corrected chi connectivity index (χ2v) is 7.94. The molecular formula is C15H17N3O6S2. The Kier molecular flexibility index (Phi) is 6.08. The number of carbonyl (C=O) groups is 2. The van der Waals surface area contributed by atoms with Gasteiger partial charge in [0.2, 0.25) is 0 Å². The van der Waals surface area contributed by atoms with Gasteiger partial charge in [-0.15, -0.1) is 0 Å². The first kappa shape index (κ1) is 20.0. The first-order valence-electron chi connectivity index (χ1n) is 7.21. The van der Waals surface area contributed by atoms with Crippen LogP contribution in [0.3, 0.4) is 0 Å². The molecule has 0 atom stereocenters. The van der Waals surface area contributed by atoms with Gasteiger partial charge < -0.3 is 4.74 Å². The molecule has 0 saturated heterocycles. The Labute approximate surface area is 154 Å². The zero-order valence-corrected chi connectivity index (χ0v) is 16.1. The van der Waals surface area contributed by atoms with Crippen molar-refractivity contribution in [1.82, 2.24) is 9.45 Å². The summed E-state index contributed by atoms with van der Waals surface area (Å²) < 4.78 is 29.9. The van der Waals surface area contributed by atoms with E-state index in [1.807, 2.05) is 0 Å². The first-order valence-corrected chi connectivity index (χ1v) is 9.46. The number of aryl methyl sites for hydroxylation is 1. The zero-order valence-electron chi connectivity index (χ0n) is 14.5. The van der Waals surface area contributed by atoms with Gasteiger partial charge in [-0.25, -0.2) is 18.2 Å². The number of methoxy groups -OCH3 is 1. The maximum Gasteiger partial charge on any atom is 0.350 e. The number of esters is 1. The number of thiazole rings is 1. The van der Waals surface area contributed by atoms with Crippen LogP contribution >= 0.6 is 11.3 Å². The second-order valence-electron chi connectivity index (χ2n) is 5.00. The number of nitrogens with zero attached hydrogens (tertiary/aromatic N) is 2. The van der Waals surface area contributed by atoms with Gasteiger partial charge in [-0.1, -0.05) is 21.9 Å². The van der Waals surface area contributed by atoms with Crippen molar-refractivity contribution in [3.05, 3.63) is 40.4 Å².